The van der Waals surface area contributed by atoms with Crippen LogP contribution in [0.3, 0.4) is 0 Å². The molecule has 1 aromatic rings. The van der Waals surface area contributed by atoms with Crippen LogP contribution < -0.4 is 9.42 Å². The van der Waals surface area contributed by atoms with Gasteiger partial charge in [-0.15, -0.1) is 0 Å². The molecule has 1 unspecified atom stereocenters. The van der Waals surface area contributed by atoms with Gasteiger partial charge in [0.15, 0.2) is 0 Å². The highest BCUT2D eigenvalue weighted by Gasteiger charge is 2.17. The summed E-state index contributed by atoms with van der Waals surface area (Å²) < 4.78 is 21.6. The van der Waals surface area contributed by atoms with Gasteiger partial charge >= 0.3 is 7.82 Å². The van der Waals surface area contributed by atoms with E-state index in [0.717, 1.165) is 18.2 Å². The van der Waals surface area contributed by atoms with Gasteiger partial charge in [-0.05, 0) is 6.07 Å². The van der Waals surface area contributed by atoms with Crippen molar-refractivity contribution in [1.29, 1.82) is 0 Å². The SMILES string of the molecule is C[N+](C)(C)CCOP(=O)([O-])Oc1ccc([N+](=O)[O-])c(Cl)c1. The van der Waals surface area contributed by atoms with Gasteiger partial charge in [-0.25, -0.2) is 0 Å². The zero-order valence-corrected chi connectivity index (χ0v) is 13.5. The van der Waals surface area contributed by atoms with Gasteiger partial charge in [-0.1, -0.05) is 11.6 Å². The third-order valence-electron chi connectivity index (χ3n) is 2.34. The summed E-state index contributed by atoms with van der Waals surface area (Å²) in [4.78, 5) is 21.5. The first kappa shape index (κ1) is 17.9. The molecule has 1 aromatic carbocycles. The predicted molar refractivity (Wildman–Crippen MR) is 75.2 cm³/mol. The van der Waals surface area contributed by atoms with Gasteiger partial charge < -0.3 is 18.4 Å². The zero-order chi connectivity index (χ0) is 16.3. The first-order valence-corrected chi connectivity index (χ1v) is 7.74. The van der Waals surface area contributed by atoms with Crippen molar-refractivity contribution in [3.05, 3.63) is 33.3 Å². The Morgan fingerprint density at radius 3 is 2.48 bits per heavy atom. The van der Waals surface area contributed by atoms with Crippen molar-refractivity contribution in [2.75, 3.05) is 34.3 Å². The minimum atomic E-state index is -4.55. The second-order valence-electron chi connectivity index (χ2n) is 5.26. The maximum atomic E-state index is 11.6. The normalized spacial score (nSPS) is 14.5. The fraction of sp³-hybridized carbons (Fsp3) is 0.455. The van der Waals surface area contributed by atoms with Crippen LogP contribution in [0.15, 0.2) is 18.2 Å². The average Bonchev–Trinajstić information content (AvgIpc) is 2.25. The Bertz CT molecular complexity index is 574. The van der Waals surface area contributed by atoms with E-state index in [4.69, 9.17) is 20.6 Å². The first-order chi connectivity index (χ1) is 9.50. The molecule has 0 aliphatic heterocycles. The first-order valence-electron chi connectivity index (χ1n) is 5.90. The van der Waals surface area contributed by atoms with Crippen molar-refractivity contribution in [3.63, 3.8) is 0 Å². The van der Waals surface area contributed by atoms with Crippen LogP contribution in [0.25, 0.3) is 0 Å². The second kappa shape index (κ2) is 6.72. The quantitative estimate of drug-likeness (QED) is 0.325. The molecule has 1 rings (SSSR count). The molecule has 118 valence electrons. The van der Waals surface area contributed by atoms with Gasteiger partial charge in [0, 0.05) is 12.1 Å². The molecule has 0 fully saturated rings. The highest BCUT2D eigenvalue weighted by atomic mass is 35.5. The molecule has 0 spiro atoms. The third kappa shape index (κ3) is 6.41. The van der Waals surface area contributed by atoms with Crippen LogP contribution in [0, 0.1) is 10.1 Å². The van der Waals surface area contributed by atoms with E-state index in [1.165, 1.54) is 0 Å². The number of nitro benzene ring substituents is 1. The fourth-order valence-corrected chi connectivity index (χ4v) is 2.24. The van der Waals surface area contributed by atoms with Crippen molar-refractivity contribution in [1.82, 2.24) is 0 Å². The molecule has 0 heterocycles. The third-order valence-corrected chi connectivity index (χ3v) is 3.58. The number of nitro groups is 1. The van der Waals surface area contributed by atoms with Gasteiger partial charge in [0.05, 0.1) is 26.1 Å². The van der Waals surface area contributed by atoms with E-state index < -0.39 is 12.7 Å². The highest BCUT2D eigenvalue weighted by Crippen LogP contribution is 2.41. The fourth-order valence-electron chi connectivity index (χ4n) is 1.27. The molecule has 10 heteroatoms. The smallest absolute Gasteiger partial charge is 0.319 e. The number of rotatable bonds is 7. The Morgan fingerprint density at radius 1 is 1.38 bits per heavy atom. The molecule has 0 aromatic heterocycles. The number of quaternary nitrogens is 1. The monoisotopic (exact) mass is 338 g/mol. The molecule has 0 radical (unpaired) electrons. The Kier molecular flexibility index (Phi) is 5.72. The van der Waals surface area contributed by atoms with Gasteiger partial charge in [-0.3, -0.25) is 14.7 Å². The van der Waals surface area contributed by atoms with Crippen molar-refractivity contribution in [2.24, 2.45) is 0 Å². The molecular formula is C11H16ClN2O6P. The Labute approximate surface area is 127 Å². The Morgan fingerprint density at radius 2 is 2.00 bits per heavy atom. The van der Waals surface area contributed by atoms with Crippen LogP contribution in [0.1, 0.15) is 0 Å². The summed E-state index contributed by atoms with van der Waals surface area (Å²) in [6, 6.07) is 3.24. The van der Waals surface area contributed by atoms with Gasteiger partial charge in [0.2, 0.25) is 0 Å². The lowest BCUT2D eigenvalue weighted by Crippen LogP contribution is -2.37. The van der Waals surface area contributed by atoms with E-state index in [-0.39, 0.29) is 23.1 Å². The summed E-state index contributed by atoms with van der Waals surface area (Å²) >= 11 is 5.66. The Hall–Kier alpha value is -1.18. The molecular weight excluding hydrogens is 323 g/mol. The van der Waals surface area contributed by atoms with Gasteiger partial charge in [0.25, 0.3) is 5.69 Å². The number of phosphoric ester groups is 1. The van der Waals surface area contributed by atoms with Crippen LogP contribution in [0.5, 0.6) is 5.75 Å². The number of benzene rings is 1. The lowest BCUT2D eigenvalue weighted by molar-refractivity contribution is -0.870. The molecule has 0 saturated carbocycles. The molecule has 0 saturated heterocycles. The summed E-state index contributed by atoms with van der Waals surface area (Å²) in [6.45, 7) is 0.432. The molecule has 1 atom stereocenters. The lowest BCUT2D eigenvalue weighted by atomic mass is 10.3. The number of likely N-dealkylation sites (N-methyl/N-ethyl adjacent to an activating group) is 1. The van der Waals surface area contributed by atoms with E-state index in [0.29, 0.717) is 11.0 Å². The number of nitrogens with zero attached hydrogens (tertiary/aromatic N) is 2. The number of hydrogen-bond donors (Lipinski definition) is 0. The zero-order valence-electron chi connectivity index (χ0n) is 11.8. The molecule has 0 N–H and O–H groups in total. The van der Waals surface area contributed by atoms with Gasteiger partial charge in [0.1, 0.15) is 23.9 Å². The minimum Gasteiger partial charge on any atom is -0.746 e. The maximum Gasteiger partial charge on any atom is 0.319 e. The molecule has 21 heavy (non-hydrogen) atoms. The predicted octanol–water partition coefficient (Wildman–Crippen LogP) is 1.82. The summed E-state index contributed by atoms with van der Waals surface area (Å²) in [7, 11) is 1.11. The van der Waals surface area contributed by atoms with Crippen molar-refractivity contribution >= 4 is 25.1 Å². The van der Waals surface area contributed by atoms with E-state index in [9.17, 15) is 19.6 Å². The highest BCUT2D eigenvalue weighted by molar-refractivity contribution is 7.46. The number of phosphoric acid groups is 1. The maximum absolute atomic E-state index is 11.6. The van der Waals surface area contributed by atoms with Crippen LogP contribution >= 0.6 is 19.4 Å². The van der Waals surface area contributed by atoms with Crippen LogP contribution in [0.4, 0.5) is 5.69 Å². The van der Waals surface area contributed by atoms with Crippen molar-refractivity contribution in [2.45, 2.75) is 0 Å². The van der Waals surface area contributed by atoms with Crippen molar-refractivity contribution in [3.8, 4) is 5.75 Å². The van der Waals surface area contributed by atoms with Crippen LogP contribution in [-0.2, 0) is 9.09 Å². The molecule has 0 bridgehead atoms. The Balaban J connectivity index is 2.69. The van der Waals surface area contributed by atoms with E-state index in [2.05, 4.69) is 0 Å². The van der Waals surface area contributed by atoms with E-state index >= 15 is 0 Å². The van der Waals surface area contributed by atoms with Crippen molar-refractivity contribution < 1.29 is 27.9 Å². The number of halogens is 1. The topological polar surface area (TPSA) is 102 Å². The van der Waals surface area contributed by atoms with E-state index in [1.807, 2.05) is 21.1 Å². The number of hydrogen-bond acceptors (Lipinski definition) is 6. The molecule has 0 aliphatic rings. The average molecular weight is 339 g/mol. The molecule has 8 nitrogen and oxygen atoms in total. The second-order valence-corrected chi connectivity index (χ2v) is 7.00. The molecule has 0 aliphatic carbocycles. The lowest BCUT2D eigenvalue weighted by Gasteiger charge is -2.27. The largest absolute Gasteiger partial charge is 0.746 e. The summed E-state index contributed by atoms with van der Waals surface area (Å²) in [5.41, 5.74) is -0.337. The van der Waals surface area contributed by atoms with E-state index in [1.54, 1.807) is 0 Å². The summed E-state index contributed by atoms with van der Waals surface area (Å²) in [6.07, 6.45) is 0. The molecule has 0 amide bonds. The van der Waals surface area contributed by atoms with Gasteiger partial charge in [-0.2, -0.15) is 0 Å². The minimum absolute atomic E-state index is 0.0367. The standard InChI is InChI=1S/C11H16ClN2O6P/c1-14(2,3)6-7-19-21(17,18)20-9-4-5-11(13(15)16)10(12)8-9/h4-5,8H,6-7H2,1-3H3. The summed E-state index contributed by atoms with van der Waals surface area (Å²) in [5.74, 6) is -0.144. The summed E-state index contributed by atoms with van der Waals surface area (Å²) in [5, 5.41) is 10.4. The van der Waals surface area contributed by atoms with Crippen LogP contribution in [0.2, 0.25) is 5.02 Å². The van der Waals surface area contributed by atoms with Crippen LogP contribution in [-0.4, -0.2) is 43.7 Å².